The van der Waals surface area contributed by atoms with E-state index < -0.39 is 96.6 Å². The lowest BCUT2D eigenvalue weighted by Crippen LogP contribution is -2.49. The second kappa shape index (κ2) is 13.6. The topological polar surface area (TPSA) is 170 Å². The smallest absolute Gasteiger partial charge is 0.336 e. The number of halogens is 1. The molecule has 0 aromatic carbocycles. The van der Waals surface area contributed by atoms with Crippen LogP contribution in [0.3, 0.4) is 0 Å². The Bertz CT molecular complexity index is 1280. The van der Waals surface area contributed by atoms with Crippen LogP contribution in [0.5, 0.6) is 0 Å². The van der Waals surface area contributed by atoms with Gasteiger partial charge in [-0.3, -0.25) is 28.5 Å². The molecule has 5 atom stereocenters. The molecule has 0 spiro atoms. The standard InChI is InChI=1S/C27H38FN3O11/c1-14(2)22(33)38-12-27(28)20(41-24(35)16(5)6)19(40-23(34)15(3)4)21(42-27)30-11-9-18(32)31(26(30)37)13-39-25(36)17-8-7-10-29-17/h9,11,14-17,19-21,29H,7-8,10,12-13H2,1-6H3/t17-,19+,20-,21+,27+/m0/s1. The minimum absolute atomic E-state index is 0.530. The number of nitrogens with zero attached hydrogens (tertiary/aromatic N) is 2. The minimum Gasteiger partial charge on any atom is -0.459 e. The Kier molecular flexibility index (Phi) is 10.7. The van der Waals surface area contributed by atoms with Crippen LogP contribution in [-0.4, -0.2) is 70.3 Å². The minimum atomic E-state index is -3.07. The normalized spacial score (nSPS) is 25.6. The molecular formula is C27H38FN3O11. The van der Waals surface area contributed by atoms with Gasteiger partial charge in [0, 0.05) is 12.3 Å². The highest BCUT2D eigenvalue weighted by Crippen LogP contribution is 2.42. The maximum Gasteiger partial charge on any atom is 0.336 e. The molecule has 14 nitrogen and oxygen atoms in total. The molecule has 1 aromatic rings. The molecule has 234 valence electrons. The number of hydrogen-bond donors (Lipinski definition) is 1. The molecule has 0 aliphatic carbocycles. The van der Waals surface area contributed by atoms with Gasteiger partial charge in [-0.05, 0) is 19.4 Å². The van der Waals surface area contributed by atoms with E-state index in [4.69, 9.17) is 23.7 Å². The van der Waals surface area contributed by atoms with Crippen LogP contribution in [0, 0.1) is 17.8 Å². The first-order chi connectivity index (χ1) is 19.7. The van der Waals surface area contributed by atoms with Gasteiger partial charge in [-0.2, -0.15) is 0 Å². The number of alkyl halides is 1. The van der Waals surface area contributed by atoms with Crippen LogP contribution in [0.4, 0.5) is 4.39 Å². The van der Waals surface area contributed by atoms with Crippen molar-refractivity contribution < 1.29 is 47.3 Å². The van der Waals surface area contributed by atoms with Gasteiger partial charge in [0.05, 0.1) is 17.8 Å². The molecule has 2 aliphatic heterocycles. The maximum atomic E-state index is 16.6. The Balaban J connectivity index is 2.04. The van der Waals surface area contributed by atoms with Gasteiger partial charge in [-0.15, -0.1) is 0 Å². The van der Waals surface area contributed by atoms with Crippen LogP contribution in [0.1, 0.15) is 60.6 Å². The number of aromatic nitrogens is 2. The van der Waals surface area contributed by atoms with Gasteiger partial charge in [-0.25, -0.2) is 13.8 Å². The summed E-state index contributed by atoms with van der Waals surface area (Å²) in [5.74, 6) is -8.30. The SMILES string of the molecule is CC(C)C(=O)OC[C@@]1(F)O[C@@H](n2ccc(=O)n(COC(=O)[C@@H]3CCCN3)c2=O)[C@H](OC(=O)C(C)C)[C@@H]1OC(=O)C(C)C. The van der Waals surface area contributed by atoms with E-state index in [0.717, 1.165) is 23.3 Å². The molecule has 1 N–H and O–H groups in total. The number of nitrogens with one attached hydrogen (secondary N) is 1. The number of ether oxygens (including phenoxy) is 5. The van der Waals surface area contributed by atoms with Crippen molar-refractivity contribution in [3.8, 4) is 0 Å². The summed E-state index contributed by atoms with van der Waals surface area (Å²) in [5.41, 5.74) is -1.93. The number of esters is 4. The van der Waals surface area contributed by atoms with E-state index in [1.807, 2.05) is 0 Å². The van der Waals surface area contributed by atoms with Crippen LogP contribution in [0.2, 0.25) is 0 Å². The number of hydrogen-bond acceptors (Lipinski definition) is 12. The fourth-order valence-corrected chi connectivity index (χ4v) is 4.16. The van der Waals surface area contributed by atoms with Gasteiger partial charge in [0.15, 0.2) is 25.7 Å². The summed E-state index contributed by atoms with van der Waals surface area (Å²) in [7, 11) is 0. The predicted molar refractivity (Wildman–Crippen MR) is 141 cm³/mol. The molecule has 0 saturated carbocycles. The van der Waals surface area contributed by atoms with Crippen molar-refractivity contribution in [2.24, 2.45) is 17.8 Å². The molecule has 0 unspecified atom stereocenters. The van der Waals surface area contributed by atoms with Crippen molar-refractivity contribution in [2.45, 2.75) is 91.4 Å². The van der Waals surface area contributed by atoms with E-state index in [-0.39, 0.29) is 0 Å². The summed E-state index contributed by atoms with van der Waals surface area (Å²) in [6, 6.07) is 0.363. The van der Waals surface area contributed by atoms with Crippen molar-refractivity contribution in [2.75, 3.05) is 13.2 Å². The Morgan fingerprint density at radius 3 is 2.19 bits per heavy atom. The van der Waals surface area contributed by atoms with Crippen molar-refractivity contribution in [3.05, 3.63) is 33.1 Å². The first kappa shape index (κ1) is 32.9. The van der Waals surface area contributed by atoms with Gasteiger partial charge >= 0.3 is 29.6 Å². The second-order valence-corrected chi connectivity index (χ2v) is 11.1. The molecule has 15 heteroatoms. The first-order valence-corrected chi connectivity index (χ1v) is 13.8. The highest BCUT2D eigenvalue weighted by Gasteiger charge is 2.62. The Morgan fingerprint density at radius 1 is 1.00 bits per heavy atom. The summed E-state index contributed by atoms with van der Waals surface area (Å²) in [5, 5.41) is 2.94. The zero-order chi connectivity index (χ0) is 31.4. The van der Waals surface area contributed by atoms with Crippen LogP contribution >= 0.6 is 0 Å². The zero-order valence-corrected chi connectivity index (χ0v) is 24.5. The van der Waals surface area contributed by atoms with Crippen LogP contribution in [0.25, 0.3) is 0 Å². The van der Waals surface area contributed by atoms with Gasteiger partial charge in [-0.1, -0.05) is 41.5 Å². The Hall–Kier alpha value is -3.59. The predicted octanol–water partition coefficient (Wildman–Crippen LogP) is 0.792. The molecule has 1 aromatic heterocycles. The van der Waals surface area contributed by atoms with Crippen LogP contribution in [0.15, 0.2) is 21.9 Å². The summed E-state index contributed by atoms with van der Waals surface area (Å²) in [4.78, 5) is 75.8. The second-order valence-electron chi connectivity index (χ2n) is 11.1. The average Bonchev–Trinajstić information content (AvgIpc) is 3.55. The molecule has 3 heterocycles. The monoisotopic (exact) mass is 599 g/mol. The number of carbonyl (C=O) groups is 4. The quantitative estimate of drug-likeness (QED) is 0.281. The fraction of sp³-hybridized carbons (Fsp3) is 0.704. The van der Waals surface area contributed by atoms with E-state index in [1.165, 1.54) is 41.5 Å². The lowest BCUT2D eigenvalue weighted by molar-refractivity contribution is -0.226. The maximum absolute atomic E-state index is 16.6. The lowest BCUT2D eigenvalue weighted by Gasteiger charge is -2.28. The molecule has 2 aliphatic rings. The third-order valence-electron chi connectivity index (χ3n) is 6.69. The summed E-state index contributed by atoms with van der Waals surface area (Å²) >= 11 is 0. The first-order valence-electron chi connectivity index (χ1n) is 13.8. The summed E-state index contributed by atoms with van der Waals surface area (Å²) < 4.78 is 44.6. The third kappa shape index (κ3) is 7.43. The molecular weight excluding hydrogens is 561 g/mol. The highest BCUT2D eigenvalue weighted by molar-refractivity contribution is 5.76. The summed E-state index contributed by atoms with van der Waals surface area (Å²) in [6.07, 6.45) is -3.24. The molecule has 2 saturated heterocycles. The molecule has 42 heavy (non-hydrogen) atoms. The van der Waals surface area contributed by atoms with Crippen molar-refractivity contribution in [1.29, 1.82) is 0 Å². The zero-order valence-electron chi connectivity index (χ0n) is 24.5. The number of carbonyl (C=O) groups excluding carboxylic acids is 4. The van der Waals surface area contributed by atoms with Crippen molar-refractivity contribution >= 4 is 23.9 Å². The van der Waals surface area contributed by atoms with E-state index in [9.17, 15) is 28.8 Å². The van der Waals surface area contributed by atoms with E-state index in [0.29, 0.717) is 17.5 Å². The molecule has 3 rings (SSSR count). The highest BCUT2D eigenvalue weighted by atomic mass is 19.2. The average molecular weight is 600 g/mol. The molecule has 2 fully saturated rings. The van der Waals surface area contributed by atoms with E-state index in [2.05, 4.69) is 5.32 Å². The molecule has 0 amide bonds. The Morgan fingerprint density at radius 2 is 1.62 bits per heavy atom. The van der Waals surface area contributed by atoms with Gasteiger partial charge in [0.25, 0.3) is 11.4 Å². The van der Waals surface area contributed by atoms with Crippen molar-refractivity contribution in [1.82, 2.24) is 14.5 Å². The van der Waals surface area contributed by atoms with E-state index >= 15 is 4.39 Å². The fourth-order valence-electron chi connectivity index (χ4n) is 4.16. The Labute approximate surface area is 241 Å². The van der Waals surface area contributed by atoms with Crippen LogP contribution < -0.4 is 16.6 Å². The van der Waals surface area contributed by atoms with Gasteiger partial charge in [0.1, 0.15) is 6.04 Å². The van der Waals surface area contributed by atoms with Gasteiger partial charge in [0.2, 0.25) is 6.10 Å². The molecule has 0 bridgehead atoms. The number of rotatable bonds is 11. The van der Waals surface area contributed by atoms with Crippen LogP contribution in [-0.2, 0) is 49.6 Å². The van der Waals surface area contributed by atoms with Gasteiger partial charge < -0.3 is 29.0 Å². The lowest BCUT2D eigenvalue weighted by atomic mass is 10.1. The molecule has 0 radical (unpaired) electrons. The third-order valence-corrected chi connectivity index (χ3v) is 6.69. The largest absolute Gasteiger partial charge is 0.459 e. The summed E-state index contributed by atoms with van der Waals surface area (Å²) in [6.45, 7) is 7.85. The van der Waals surface area contributed by atoms with Crippen molar-refractivity contribution in [3.63, 3.8) is 0 Å². The van der Waals surface area contributed by atoms with E-state index in [1.54, 1.807) is 0 Å².